The number of fused-ring (bicyclic) bond motifs is 1. The zero-order valence-corrected chi connectivity index (χ0v) is 17.4. The van der Waals surface area contributed by atoms with Gasteiger partial charge in [-0.3, -0.25) is 14.6 Å². The number of carboxylic acid groups (broad SMARTS) is 1. The van der Waals surface area contributed by atoms with E-state index in [2.05, 4.69) is 28.9 Å². The first-order valence-corrected chi connectivity index (χ1v) is 9.95. The Kier molecular flexibility index (Phi) is 6.91. The van der Waals surface area contributed by atoms with Crippen molar-refractivity contribution < 1.29 is 14.7 Å². The minimum atomic E-state index is -0.250. The Morgan fingerprint density at radius 3 is 2.71 bits per heavy atom. The van der Waals surface area contributed by atoms with Gasteiger partial charge in [-0.25, -0.2) is 14.6 Å². The fourth-order valence-corrected chi connectivity index (χ4v) is 3.55. The van der Waals surface area contributed by atoms with E-state index in [1.807, 2.05) is 21.7 Å². The molecule has 0 aliphatic carbocycles. The maximum absolute atomic E-state index is 13.2. The summed E-state index contributed by atoms with van der Waals surface area (Å²) in [5, 5.41) is 11.6. The lowest BCUT2D eigenvalue weighted by molar-refractivity contribution is -0.122. The van der Waals surface area contributed by atoms with Gasteiger partial charge in [0.05, 0.1) is 18.2 Å². The number of nitrogen functional groups attached to an aromatic ring is 1. The predicted molar refractivity (Wildman–Crippen MR) is 114 cm³/mol. The number of rotatable bonds is 4. The van der Waals surface area contributed by atoms with Crippen LogP contribution in [0.3, 0.4) is 0 Å². The largest absolute Gasteiger partial charge is 0.483 e. The van der Waals surface area contributed by atoms with Crippen molar-refractivity contribution in [3.63, 3.8) is 0 Å². The van der Waals surface area contributed by atoms with E-state index < -0.39 is 0 Å². The van der Waals surface area contributed by atoms with Gasteiger partial charge in [0.2, 0.25) is 0 Å². The zero-order chi connectivity index (χ0) is 22.4. The van der Waals surface area contributed by atoms with Crippen molar-refractivity contribution in [3.05, 3.63) is 54.2 Å². The van der Waals surface area contributed by atoms with Crippen molar-refractivity contribution in [2.24, 2.45) is 5.92 Å². The second-order valence-corrected chi connectivity index (χ2v) is 7.16. The summed E-state index contributed by atoms with van der Waals surface area (Å²) in [6.07, 6.45) is 5.93. The number of nitrogens with two attached hydrogens (primary N) is 1. The summed E-state index contributed by atoms with van der Waals surface area (Å²) >= 11 is 0. The van der Waals surface area contributed by atoms with Crippen LogP contribution in [-0.2, 0) is 11.3 Å². The molecule has 3 aromatic rings. The molecule has 162 valence electrons. The summed E-state index contributed by atoms with van der Waals surface area (Å²) in [5.74, 6) is 2.02. The van der Waals surface area contributed by atoms with Gasteiger partial charge >= 0.3 is 0 Å². The molecule has 0 spiro atoms. The van der Waals surface area contributed by atoms with Gasteiger partial charge in [-0.05, 0) is 30.2 Å². The summed E-state index contributed by atoms with van der Waals surface area (Å²) in [7, 11) is 0. The highest BCUT2D eigenvalue weighted by atomic mass is 16.3. The molecule has 1 aliphatic heterocycles. The number of pyridine rings is 2. The van der Waals surface area contributed by atoms with E-state index in [9.17, 15) is 4.79 Å². The van der Waals surface area contributed by atoms with Crippen molar-refractivity contribution in [2.45, 2.75) is 32.9 Å². The van der Waals surface area contributed by atoms with Crippen LogP contribution in [0.5, 0.6) is 0 Å². The van der Waals surface area contributed by atoms with Crippen LogP contribution < -0.4 is 5.73 Å². The number of amides is 1. The molecule has 0 saturated carbocycles. The third-order valence-electron chi connectivity index (χ3n) is 5.25. The van der Waals surface area contributed by atoms with Crippen molar-refractivity contribution in [2.75, 3.05) is 12.3 Å². The van der Waals surface area contributed by atoms with Crippen LogP contribution in [0.15, 0.2) is 42.9 Å². The Bertz CT molecular complexity index is 1020. The Hall–Kier alpha value is -3.82. The SMILES string of the molecule is CC[C@H](C)[C@H]1c2nc(-c3cccnc3)nn2CCN1C(=O)c1ccc(N)nc1.O=CO. The van der Waals surface area contributed by atoms with Crippen molar-refractivity contribution in [3.8, 4) is 11.4 Å². The van der Waals surface area contributed by atoms with Crippen LogP contribution >= 0.6 is 0 Å². The summed E-state index contributed by atoms with van der Waals surface area (Å²) in [4.78, 5) is 36.5. The van der Waals surface area contributed by atoms with Gasteiger partial charge in [-0.15, -0.1) is 0 Å². The van der Waals surface area contributed by atoms with E-state index in [-0.39, 0.29) is 24.3 Å². The molecule has 0 saturated heterocycles. The lowest BCUT2D eigenvalue weighted by Gasteiger charge is -2.38. The first-order valence-electron chi connectivity index (χ1n) is 9.95. The standard InChI is InChI=1S/C20H23N7O.CH2O2/c1-3-13(2)17-19-24-18(14-5-4-8-22-11-14)25-27(19)10-9-26(17)20(28)15-6-7-16(21)23-12-15;2-1-3/h4-8,11-13,17H,3,9-10H2,1-2H3,(H2,21,23);1H,(H,2,3)/t13-,17-;/m0./s1. The van der Waals surface area contributed by atoms with Crippen molar-refractivity contribution in [1.29, 1.82) is 0 Å². The predicted octanol–water partition coefficient (Wildman–Crippen LogP) is 2.26. The fourth-order valence-electron chi connectivity index (χ4n) is 3.55. The van der Waals surface area contributed by atoms with Crippen LogP contribution in [0, 0.1) is 5.92 Å². The van der Waals surface area contributed by atoms with Gasteiger partial charge < -0.3 is 15.7 Å². The molecule has 10 heteroatoms. The van der Waals surface area contributed by atoms with Crippen LogP contribution in [0.25, 0.3) is 11.4 Å². The number of hydrogen-bond donors (Lipinski definition) is 2. The molecule has 3 aromatic heterocycles. The first kappa shape index (κ1) is 21.9. The number of carbonyl (C=O) groups is 2. The molecule has 1 amide bonds. The average Bonchev–Trinajstić information content (AvgIpc) is 3.23. The molecule has 0 radical (unpaired) electrons. The van der Waals surface area contributed by atoms with E-state index in [1.165, 1.54) is 6.20 Å². The van der Waals surface area contributed by atoms with Gasteiger partial charge in [-0.1, -0.05) is 20.3 Å². The quantitative estimate of drug-likeness (QED) is 0.609. The van der Waals surface area contributed by atoms with E-state index >= 15 is 0 Å². The topological polar surface area (TPSA) is 140 Å². The van der Waals surface area contributed by atoms with Crippen LogP contribution in [0.2, 0.25) is 0 Å². The number of nitrogens with zero attached hydrogens (tertiary/aromatic N) is 6. The van der Waals surface area contributed by atoms with E-state index in [0.29, 0.717) is 30.3 Å². The average molecular weight is 423 g/mol. The van der Waals surface area contributed by atoms with Gasteiger partial charge in [0.1, 0.15) is 5.82 Å². The number of anilines is 1. The molecule has 4 rings (SSSR count). The highest BCUT2D eigenvalue weighted by Gasteiger charge is 2.37. The zero-order valence-electron chi connectivity index (χ0n) is 17.4. The molecule has 0 bridgehead atoms. The first-order chi connectivity index (χ1) is 15.0. The third kappa shape index (κ3) is 4.68. The Morgan fingerprint density at radius 1 is 1.32 bits per heavy atom. The van der Waals surface area contributed by atoms with Crippen LogP contribution in [0.1, 0.15) is 42.5 Å². The Balaban J connectivity index is 0.000000858. The lowest BCUT2D eigenvalue weighted by Crippen LogP contribution is -2.45. The minimum Gasteiger partial charge on any atom is -0.483 e. The van der Waals surface area contributed by atoms with E-state index in [0.717, 1.165) is 17.8 Å². The molecule has 0 fully saturated rings. The lowest BCUT2D eigenvalue weighted by atomic mass is 9.94. The molecular formula is C21H25N7O3. The van der Waals surface area contributed by atoms with E-state index in [1.54, 1.807) is 24.5 Å². The maximum atomic E-state index is 13.2. The van der Waals surface area contributed by atoms with Crippen LogP contribution in [0.4, 0.5) is 5.82 Å². The fraction of sp³-hybridized carbons (Fsp3) is 0.333. The summed E-state index contributed by atoms with van der Waals surface area (Å²) in [6.45, 7) is 5.18. The van der Waals surface area contributed by atoms with Gasteiger partial charge in [0.15, 0.2) is 11.6 Å². The number of aromatic nitrogens is 5. The van der Waals surface area contributed by atoms with E-state index in [4.69, 9.17) is 20.6 Å². The third-order valence-corrected chi connectivity index (χ3v) is 5.25. The minimum absolute atomic E-state index is 0.0602. The molecule has 2 atom stereocenters. The number of hydrogen-bond acceptors (Lipinski definition) is 7. The molecular weight excluding hydrogens is 398 g/mol. The number of carbonyl (C=O) groups excluding carboxylic acids is 1. The second kappa shape index (κ2) is 9.79. The second-order valence-electron chi connectivity index (χ2n) is 7.16. The molecule has 0 aromatic carbocycles. The van der Waals surface area contributed by atoms with Crippen LogP contribution in [-0.4, -0.2) is 53.7 Å². The maximum Gasteiger partial charge on any atom is 0.290 e. The van der Waals surface area contributed by atoms with Gasteiger partial charge in [0, 0.05) is 30.7 Å². The summed E-state index contributed by atoms with van der Waals surface area (Å²) < 4.78 is 1.92. The normalized spacial score (nSPS) is 15.9. The Morgan fingerprint density at radius 2 is 2.10 bits per heavy atom. The van der Waals surface area contributed by atoms with Crippen molar-refractivity contribution in [1.82, 2.24) is 29.6 Å². The smallest absolute Gasteiger partial charge is 0.290 e. The molecule has 0 unspecified atom stereocenters. The highest BCUT2D eigenvalue weighted by Crippen LogP contribution is 2.34. The Labute approximate surface area is 179 Å². The van der Waals surface area contributed by atoms with Gasteiger partial charge in [0.25, 0.3) is 12.4 Å². The molecule has 31 heavy (non-hydrogen) atoms. The van der Waals surface area contributed by atoms with Gasteiger partial charge in [-0.2, -0.15) is 5.10 Å². The summed E-state index contributed by atoms with van der Waals surface area (Å²) in [5.41, 5.74) is 7.06. The summed E-state index contributed by atoms with van der Waals surface area (Å²) in [6, 6.07) is 7.03. The molecule has 10 nitrogen and oxygen atoms in total. The molecule has 4 heterocycles. The molecule has 3 N–H and O–H groups in total. The highest BCUT2D eigenvalue weighted by molar-refractivity contribution is 5.94. The molecule has 1 aliphatic rings. The van der Waals surface area contributed by atoms with Crippen molar-refractivity contribution >= 4 is 18.2 Å². The monoisotopic (exact) mass is 423 g/mol.